The van der Waals surface area contributed by atoms with E-state index < -0.39 is 12.0 Å². The highest BCUT2D eigenvalue weighted by atomic mass is 35.5. The van der Waals surface area contributed by atoms with Crippen molar-refractivity contribution < 1.29 is 19.1 Å². The molecule has 0 saturated carbocycles. The van der Waals surface area contributed by atoms with Crippen molar-refractivity contribution in [2.24, 2.45) is 0 Å². The molecule has 0 aromatic heterocycles. The van der Waals surface area contributed by atoms with Crippen molar-refractivity contribution in [3.05, 3.63) is 58.1 Å². The van der Waals surface area contributed by atoms with E-state index in [2.05, 4.69) is 5.32 Å². The predicted molar refractivity (Wildman–Crippen MR) is 101 cm³/mol. The number of carbonyl (C=O) groups is 2. The number of ether oxygens (including phenoxy) is 2. The van der Waals surface area contributed by atoms with E-state index in [1.165, 1.54) is 14.2 Å². The number of esters is 1. The minimum atomic E-state index is -0.783. The number of halogens is 2. The maximum absolute atomic E-state index is 11.9. The molecule has 0 radical (unpaired) electrons. The molecule has 2 aromatic rings. The van der Waals surface area contributed by atoms with E-state index in [0.29, 0.717) is 16.5 Å². The second kappa shape index (κ2) is 9.57. The van der Waals surface area contributed by atoms with Gasteiger partial charge >= 0.3 is 5.97 Å². The van der Waals surface area contributed by atoms with Crippen LogP contribution < -0.4 is 5.32 Å². The van der Waals surface area contributed by atoms with E-state index in [1.807, 2.05) is 36.4 Å². The Kier molecular flexibility index (Phi) is 7.45. The molecule has 0 aliphatic rings. The first-order chi connectivity index (χ1) is 12.4. The smallest absolute Gasteiger partial charge is 0.328 e. The number of carbonyl (C=O) groups excluding carboxylic acids is 2. The summed E-state index contributed by atoms with van der Waals surface area (Å²) in [5, 5.41) is 3.72. The molecule has 0 spiro atoms. The first-order valence-corrected chi connectivity index (χ1v) is 8.60. The largest absolute Gasteiger partial charge is 0.467 e. The van der Waals surface area contributed by atoms with Gasteiger partial charge in [0.2, 0.25) is 5.91 Å². The normalized spacial score (nSPS) is 11.7. The molecule has 0 unspecified atom stereocenters. The Hall–Kier alpha value is -2.08. The quantitative estimate of drug-likeness (QED) is 0.728. The average Bonchev–Trinajstić information content (AvgIpc) is 2.60. The van der Waals surface area contributed by atoms with E-state index in [9.17, 15) is 9.59 Å². The van der Waals surface area contributed by atoms with Crippen molar-refractivity contribution >= 4 is 35.1 Å². The standard InChI is InChI=1S/C19H19Cl2NO4/c1-25-11-18(23)22-17(19(24)26-2)7-12-3-5-13(6-4-12)14-8-15(20)10-16(21)9-14/h3-6,8-10,17H,7,11H2,1-2H3,(H,22,23)/t17-/m1/s1. The highest BCUT2D eigenvalue weighted by molar-refractivity contribution is 6.35. The molecule has 1 atom stereocenters. The lowest BCUT2D eigenvalue weighted by molar-refractivity contribution is -0.145. The van der Waals surface area contributed by atoms with Gasteiger partial charge in [-0.05, 0) is 34.9 Å². The van der Waals surface area contributed by atoms with Crippen LogP contribution in [-0.2, 0) is 25.5 Å². The van der Waals surface area contributed by atoms with Gasteiger partial charge in [-0.2, -0.15) is 0 Å². The molecular formula is C19H19Cl2NO4. The van der Waals surface area contributed by atoms with Crippen LogP contribution in [0.25, 0.3) is 11.1 Å². The van der Waals surface area contributed by atoms with Crippen LogP contribution >= 0.6 is 23.2 Å². The van der Waals surface area contributed by atoms with E-state index in [-0.39, 0.29) is 12.5 Å². The second-order valence-corrected chi connectivity index (χ2v) is 6.51. The maximum atomic E-state index is 11.9. The molecule has 7 heteroatoms. The maximum Gasteiger partial charge on any atom is 0.328 e. The van der Waals surface area contributed by atoms with Crippen LogP contribution in [0, 0.1) is 0 Å². The van der Waals surface area contributed by atoms with Crippen LogP contribution in [0.2, 0.25) is 10.0 Å². The van der Waals surface area contributed by atoms with Crippen molar-refractivity contribution in [3.8, 4) is 11.1 Å². The summed E-state index contributed by atoms with van der Waals surface area (Å²) in [6.07, 6.45) is 0.304. The van der Waals surface area contributed by atoms with Gasteiger partial charge in [-0.3, -0.25) is 4.79 Å². The molecule has 0 fully saturated rings. The average molecular weight is 396 g/mol. The molecule has 1 N–H and O–H groups in total. The number of nitrogens with one attached hydrogen (secondary N) is 1. The third kappa shape index (κ3) is 5.73. The minimum absolute atomic E-state index is 0.123. The SMILES string of the molecule is COCC(=O)N[C@H](Cc1ccc(-c2cc(Cl)cc(Cl)c2)cc1)C(=O)OC. The Morgan fingerprint density at radius 2 is 1.62 bits per heavy atom. The fraction of sp³-hybridized carbons (Fsp3) is 0.263. The van der Waals surface area contributed by atoms with E-state index in [0.717, 1.165) is 16.7 Å². The zero-order valence-electron chi connectivity index (χ0n) is 14.4. The van der Waals surface area contributed by atoms with Crippen LogP contribution in [0.15, 0.2) is 42.5 Å². The lowest BCUT2D eigenvalue weighted by Crippen LogP contribution is -2.44. The van der Waals surface area contributed by atoms with E-state index in [1.54, 1.807) is 6.07 Å². The van der Waals surface area contributed by atoms with Gasteiger partial charge < -0.3 is 14.8 Å². The van der Waals surface area contributed by atoms with Gasteiger partial charge in [0.15, 0.2) is 0 Å². The van der Waals surface area contributed by atoms with E-state index in [4.69, 9.17) is 32.7 Å². The van der Waals surface area contributed by atoms with Gasteiger partial charge in [0.1, 0.15) is 12.6 Å². The molecule has 26 heavy (non-hydrogen) atoms. The topological polar surface area (TPSA) is 64.6 Å². The van der Waals surface area contributed by atoms with Crippen LogP contribution in [0.1, 0.15) is 5.56 Å². The minimum Gasteiger partial charge on any atom is -0.467 e. The zero-order chi connectivity index (χ0) is 19.1. The summed E-state index contributed by atoms with van der Waals surface area (Å²) in [6, 6.07) is 12.1. The molecule has 138 valence electrons. The zero-order valence-corrected chi connectivity index (χ0v) is 15.9. The molecule has 0 saturated heterocycles. The molecule has 2 rings (SSSR count). The third-order valence-corrected chi connectivity index (χ3v) is 4.12. The molecule has 0 heterocycles. The Balaban J connectivity index is 2.14. The lowest BCUT2D eigenvalue weighted by atomic mass is 10.0. The van der Waals surface area contributed by atoms with Crippen molar-refractivity contribution in [3.63, 3.8) is 0 Å². The lowest BCUT2D eigenvalue weighted by Gasteiger charge is -2.16. The van der Waals surface area contributed by atoms with Gasteiger partial charge in [0.25, 0.3) is 0 Å². The van der Waals surface area contributed by atoms with Crippen molar-refractivity contribution in [1.82, 2.24) is 5.32 Å². The molecule has 0 aliphatic heterocycles. The Labute approximate surface area is 162 Å². The summed E-state index contributed by atoms with van der Waals surface area (Å²) in [4.78, 5) is 23.6. The number of methoxy groups -OCH3 is 2. The summed E-state index contributed by atoms with van der Waals surface area (Å²) in [5.41, 5.74) is 2.71. The molecule has 1 amide bonds. The van der Waals surface area contributed by atoms with Crippen LogP contribution in [0.5, 0.6) is 0 Å². The van der Waals surface area contributed by atoms with Gasteiger partial charge in [0, 0.05) is 23.6 Å². The Bertz CT molecular complexity index is 757. The number of hydrogen-bond acceptors (Lipinski definition) is 4. The van der Waals surface area contributed by atoms with Crippen LogP contribution in [0.3, 0.4) is 0 Å². The molecule has 2 aromatic carbocycles. The van der Waals surface area contributed by atoms with Gasteiger partial charge in [-0.25, -0.2) is 4.79 Å². The Morgan fingerprint density at radius 1 is 1.00 bits per heavy atom. The summed E-state index contributed by atoms with van der Waals surface area (Å²) in [5.74, 6) is -0.895. The first kappa shape index (κ1) is 20.2. The number of benzene rings is 2. The summed E-state index contributed by atoms with van der Waals surface area (Å²) in [7, 11) is 2.69. The van der Waals surface area contributed by atoms with Crippen LogP contribution in [0.4, 0.5) is 0 Å². The number of hydrogen-bond donors (Lipinski definition) is 1. The number of amides is 1. The third-order valence-electron chi connectivity index (χ3n) is 3.69. The highest BCUT2D eigenvalue weighted by Crippen LogP contribution is 2.27. The second-order valence-electron chi connectivity index (χ2n) is 5.64. The summed E-state index contributed by atoms with van der Waals surface area (Å²) >= 11 is 12.1. The summed E-state index contributed by atoms with van der Waals surface area (Å²) < 4.78 is 9.53. The molecule has 0 aliphatic carbocycles. The highest BCUT2D eigenvalue weighted by Gasteiger charge is 2.21. The molecular weight excluding hydrogens is 377 g/mol. The Morgan fingerprint density at radius 3 is 2.15 bits per heavy atom. The number of rotatable bonds is 7. The summed E-state index contributed by atoms with van der Waals surface area (Å²) in [6.45, 7) is -0.123. The monoisotopic (exact) mass is 395 g/mol. The fourth-order valence-corrected chi connectivity index (χ4v) is 3.02. The van der Waals surface area contributed by atoms with Crippen LogP contribution in [-0.4, -0.2) is 38.7 Å². The first-order valence-electron chi connectivity index (χ1n) is 7.84. The van der Waals surface area contributed by atoms with Crippen molar-refractivity contribution in [2.75, 3.05) is 20.8 Å². The fourth-order valence-electron chi connectivity index (χ4n) is 2.49. The van der Waals surface area contributed by atoms with Gasteiger partial charge in [-0.1, -0.05) is 47.5 Å². The van der Waals surface area contributed by atoms with Crippen molar-refractivity contribution in [2.45, 2.75) is 12.5 Å². The molecule has 5 nitrogen and oxygen atoms in total. The van der Waals surface area contributed by atoms with E-state index >= 15 is 0 Å². The molecule has 0 bridgehead atoms. The predicted octanol–water partition coefficient (Wildman–Crippen LogP) is 3.51. The van der Waals surface area contributed by atoms with Gasteiger partial charge in [-0.15, -0.1) is 0 Å². The van der Waals surface area contributed by atoms with Crippen molar-refractivity contribution in [1.29, 1.82) is 0 Å². The van der Waals surface area contributed by atoms with Gasteiger partial charge in [0.05, 0.1) is 7.11 Å².